The molecule has 1 aromatic heterocycles. The first-order valence-electron chi connectivity index (χ1n) is 4.12. The van der Waals surface area contributed by atoms with Gasteiger partial charge in [0.15, 0.2) is 0 Å². The van der Waals surface area contributed by atoms with Crippen LogP contribution in [0.25, 0.3) is 0 Å². The second kappa shape index (κ2) is 4.57. The Morgan fingerprint density at radius 1 is 1.29 bits per heavy atom. The van der Waals surface area contributed by atoms with Crippen molar-refractivity contribution in [3.05, 3.63) is 45.3 Å². The SMILES string of the molecule is Brc1csc(COc2ccccc2)n1. The molecule has 14 heavy (non-hydrogen) atoms. The van der Waals surface area contributed by atoms with Crippen molar-refractivity contribution in [1.82, 2.24) is 4.98 Å². The average Bonchev–Trinajstić information content (AvgIpc) is 2.63. The van der Waals surface area contributed by atoms with E-state index in [1.54, 1.807) is 11.3 Å². The van der Waals surface area contributed by atoms with Crippen LogP contribution in [0.15, 0.2) is 40.3 Å². The summed E-state index contributed by atoms with van der Waals surface area (Å²) in [5, 5.41) is 2.92. The van der Waals surface area contributed by atoms with Gasteiger partial charge in [0.05, 0.1) is 0 Å². The smallest absolute Gasteiger partial charge is 0.140 e. The zero-order valence-electron chi connectivity index (χ0n) is 7.31. The molecule has 1 heterocycles. The Hall–Kier alpha value is -0.870. The summed E-state index contributed by atoms with van der Waals surface area (Å²) < 4.78 is 6.40. The van der Waals surface area contributed by atoms with Crippen LogP contribution in [0.3, 0.4) is 0 Å². The maximum atomic E-state index is 5.53. The third-order valence-corrected chi connectivity index (χ3v) is 3.16. The third-order valence-electron chi connectivity index (χ3n) is 1.63. The van der Waals surface area contributed by atoms with E-state index in [1.807, 2.05) is 35.7 Å². The standard InChI is InChI=1S/C10H8BrNOS/c11-9-7-14-10(12-9)6-13-8-4-2-1-3-5-8/h1-5,7H,6H2. The maximum Gasteiger partial charge on any atom is 0.140 e. The van der Waals surface area contributed by atoms with Gasteiger partial charge in [0.2, 0.25) is 0 Å². The van der Waals surface area contributed by atoms with E-state index in [-0.39, 0.29) is 0 Å². The van der Waals surface area contributed by atoms with Gasteiger partial charge in [0.25, 0.3) is 0 Å². The van der Waals surface area contributed by atoms with E-state index in [0.717, 1.165) is 15.4 Å². The number of ether oxygens (including phenoxy) is 1. The Labute approximate surface area is 94.7 Å². The Kier molecular flexibility index (Phi) is 3.16. The first-order chi connectivity index (χ1) is 6.84. The molecule has 0 aliphatic heterocycles. The summed E-state index contributed by atoms with van der Waals surface area (Å²) in [5.74, 6) is 0.874. The van der Waals surface area contributed by atoms with Crippen molar-refractivity contribution in [1.29, 1.82) is 0 Å². The highest BCUT2D eigenvalue weighted by Gasteiger charge is 1.99. The van der Waals surface area contributed by atoms with Crippen LogP contribution >= 0.6 is 27.3 Å². The molecule has 2 nitrogen and oxygen atoms in total. The van der Waals surface area contributed by atoms with Gasteiger partial charge in [0.1, 0.15) is 22.0 Å². The van der Waals surface area contributed by atoms with Crippen molar-refractivity contribution < 1.29 is 4.74 Å². The lowest BCUT2D eigenvalue weighted by Gasteiger charge is -2.02. The molecular weight excluding hydrogens is 262 g/mol. The van der Waals surface area contributed by atoms with E-state index >= 15 is 0 Å². The zero-order chi connectivity index (χ0) is 9.80. The highest BCUT2D eigenvalue weighted by molar-refractivity contribution is 9.10. The second-order valence-corrected chi connectivity index (χ2v) is 4.42. The molecule has 0 spiro atoms. The largest absolute Gasteiger partial charge is 0.486 e. The Balaban J connectivity index is 1.95. The van der Waals surface area contributed by atoms with Crippen molar-refractivity contribution in [2.45, 2.75) is 6.61 Å². The van der Waals surface area contributed by atoms with Crippen LogP contribution < -0.4 is 4.74 Å². The molecule has 4 heteroatoms. The normalized spacial score (nSPS) is 10.1. The van der Waals surface area contributed by atoms with Gasteiger partial charge in [-0.3, -0.25) is 0 Å². The number of nitrogens with zero attached hydrogens (tertiary/aromatic N) is 1. The molecule has 0 fully saturated rings. The number of benzene rings is 1. The number of halogens is 1. The summed E-state index contributed by atoms with van der Waals surface area (Å²) in [6.45, 7) is 0.528. The van der Waals surface area contributed by atoms with E-state index in [2.05, 4.69) is 20.9 Å². The molecule has 0 unspecified atom stereocenters. The zero-order valence-corrected chi connectivity index (χ0v) is 9.72. The highest BCUT2D eigenvalue weighted by atomic mass is 79.9. The number of hydrogen-bond acceptors (Lipinski definition) is 3. The summed E-state index contributed by atoms with van der Waals surface area (Å²) in [5.41, 5.74) is 0. The Bertz CT molecular complexity index is 402. The number of aromatic nitrogens is 1. The topological polar surface area (TPSA) is 22.1 Å². The van der Waals surface area contributed by atoms with Crippen LogP contribution in [0.5, 0.6) is 5.75 Å². The molecule has 0 amide bonds. The van der Waals surface area contributed by atoms with Crippen LogP contribution in [0.2, 0.25) is 0 Å². The molecular formula is C10H8BrNOS. The molecule has 1 aromatic carbocycles. The molecule has 0 saturated carbocycles. The molecule has 0 aliphatic carbocycles. The fraction of sp³-hybridized carbons (Fsp3) is 0.100. The van der Waals surface area contributed by atoms with Crippen LogP contribution in [0, 0.1) is 0 Å². The monoisotopic (exact) mass is 269 g/mol. The van der Waals surface area contributed by atoms with E-state index in [4.69, 9.17) is 4.74 Å². The predicted octanol–water partition coefficient (Wildman–Crippen LogP) is 3.48. The van der Waals surface area contributed by atoms with Crippen molar-refractivity contribution in [3.8, 4) is 5.75 Å². The van der Waals surface area contributed by atoms with Gasteiger partial charge in [-0.15, -0.1) is 11.3 Å². The lowest BCUT2D eigenvalue weighted by Crippen LogP contribution is -1.93. The summed E-state index contributed by atoms with van der Waals surface area (Å²) in [7, 11) is 0. The van der Waals surface area contributed by atoms with Crippen molar-refractivity contribution >= 4 is 27.3 Å². The Morgan fingerprint density at radius 3 is 2.71 bits per heavy atom. The minimum atomic E-state index is 0.528. The minimum absolute atomic E-state index is 0.528. The van der Waals surface area contributed by atoms with E-state index in [9.17, 15) is 0 Å². The maximum absolute atomic E-state index is 5.53. The summed E-state index contributed by atoms with van der Waals surface area (Å²) in [4.78, 5) is 4.24. The molecule has 0 N–H and O–H groups in total. The number of para-hydroxylation sites is 1. The quantitative estimate of drug-likeness (QED) is 0.851. The van der Waals surface area contributed by atoms with Gasteiger partial charge in [-0.1, -0.05) is 18.2 Å². The summed E-state index contributed by atoms with van der Waals surface area (Å²) in [6.07, 6.45) is 0. The van der Waals surface area contributed by atoms with Crippen LogP contribution in [-0.4, -0.2) is 4.98 Å². The van der Waals surface area contributed by atoms with Gasteiger partial charge in [0, 0.05) is 5.38 Å². The fourth-order valence-corrected chi connectivity index (χ4v) is 2.19. The molecule has 72 valence electrons. The van der Waals surface area contributed by atoms with Crippen molar-refractivity contribution in [2.75, 3.05) is 0 Å². The molecule has 0 radical (unpaired) electrons. The van der Waals surface area contributed by atoms with Gasteiger partial charge in [-0.2, -0.15) is 0 Å². The van der Waals surface area contributed by atoms with Crippen LogP contribution in [-0.2, 0) is 6.61 Å². The number of rotatable bonds is 3. The van der Waals surface area contributed by atoms with Gasteiger partial charge < -0.3 is 4.74 Å². The highest BCUT2D eigenvalue weighted by Crippen LogP contribution is 2.17. The van der Waals surface area contributed by atoms with Crippen molar-refractivity contribution in [3.63, 3.8) is 0 Å². The van der Waals surface area contributed by atoms with Crippen LogP contribution in [0.1, 0.15) is 5.01 Å². The fourth-order valence-electron chi connectivity index (χ4n) is 1.02. The molecule has 0 atom stereocenters. The number of thiazole rings is 1. The molecule has 2 aromatic rings. The second-order valence-electron chi connectivity index (χ2n) is 2.67. The molecule has 0 aliphatic rings. The third kappa shape index (κ3) is 2.56. The molecule has 0 saturated heterocycles. The molecule has 2 rings (SSSR count). The lowest BCUT2D eigenvalue weighted by atomic mass is 10.3. The molecule has 0 bridgehead atoms. The lowest BCUT2D eigenvalue weighted by molar-refractivity contribution is 0.305. The summed E-state index contributed by atoms with van der Waals surface area (Å²) >= 11 is 4.89. The minimum Gasteiger partial charge on any atom is -0.486 e. The van der Waals surface area contributed by atoms with Crippen LogP contribution in [0.4, 0.5) is 0 Å². The first-order valence-corrected chi connectivity index (χ1v) is 5.79. The van der Waals surface area contributed by atoms with Gasteiger partial charge >= 0.3 is 0 Å². The van der Waals surface area contributed by atoms with E-state index in [0.29, 0.717) is 6.61 Å². The predicted molar refractivity (Wildman–Crippen MR) is 60.6 cm³/mol. The van der Waals surface area contributed by atoms with Gasteiger partial charge in [-0.25, -0.2) is 4.98 Å². The Morgan fingerprint density at radius 2 is 2.07 bits per heavy atom. The van der Waals surface area contributed by atoms with Gasteiger partial charge in [-0.05, 0) is 28.1 Å². The number of hydrogen-bond donors (Lipinski definition) is 0. The van der Waals surface area contributed by atoms with E-state index in [1.165, 1.54) is 0 Å². The van der Waals surface area contributed by atoms with Crippen molar-refractivity contribution in [2.24, 2.45) is 0 Å². The average molecular weight is 270 g/mol. The summed E-state index contributed by atoms with van der Waals surface area (Å²) in [6, 6.07) is 9.73. The van der Waals surface area contributed by atoms with E-state index < -0.39 is 0 Å². The first kappa shape index (κ1) is 9.68.